The van der Waals surface area contributed by atoms with Gasteiger partial charge in [0.15, 0.2) is 0 Å². The summed E-state index contributed by atoms with van der Waals surface area (Å²) in [5, 5.41) is 13.4. The Kier molecular flexibility index (Phi) is 2.37. The van der Waals surface area contributed by atoms with Crippen molar-refractivity contribution >= 4 is 0 Å². The molecular weight excluding hydrogens is 162 g/mol. The van der Waals surface area contributed by atoms with E-state index in [-0.39, 0.29) is 0 Å². The smallest absolute Gasteiger partial charge is 0.113 e. The van der Waals surface area contributed by atoms with E-state index in [1.165, 1.54) is 44.9 Å². The number of hydrogen-bond donors (Lipinski definition) is 2. The number of piperidine rings is 1. The van der Waals surface area contributed by atoms with Crippen LogP contribution in [0.4, 0.5) is 0 Å². The van der Waals surface area contributed by atoms with Crippen molar-refractivity contribution in [2.75, 3.05) is 0 Å². The zero-order valence-corrected chi connectivity index (χ0v) is 8.60. The van der Waals surface area contributed by atoms with Gasteiger partial charge in [-0.3, -0.25) is 5.32 Å². The Hall–Kier alpha value is -0.0800. The van der Waals surface area contributed by atoms with Gasteiger partial charge in [0.25, 0.3) is 0 Å². The van der Waals surface area contributed by atoms with Crippen LogP contribution >= 0.6 is 0 Å². The predicted octanol–water partition coefficient (Wildman–Crippen LogP) is 2.17. The van der Waals surface area contributed by atoms with Crippen LogP contribution < -0.4 is 5.32 Å². The van der Waals surface area contributed by atoms with E-state index in [0.717, 1.165) is 6.42 Å². The van der Waals surface area contributed by atoms with Crippen LogP contribution in [0.25, 0.3) is 0 Å². The first-order valence-corrected chi connectivity index (χ1v) is 5.64. The summed E-state index contributed by atoms with van der Waals surface area (Å²) in [6, 6.07) is 0. The van der Waals surface area contributed by atoms with E-state index in [2.05, 4.69) is 5.32 Å². The minimum Gasteiger partial charge on any atom is -0.376 e. The van der Waals surface area contributed by atoms with Gasteiger partial charge in [-0.05, 0) is 39.0 Å². The molecule has 2 aliphatic rings. The summed E-state index contributed by atoms with van der Waals surface area (Å²) < 4.78 is 0. The second-order valence-electron chi connectivity index (χ2n) is 5.09. The molecule has 2 heteroatoms. The Balaban J connectivity index is 2.04. The molecule has 0 aromatic carbocycles. The molecule has 1 spiro atoms. The number of nitrogens with one attached hydrogen (secondary N) is 1. The lowest BCUT2D eigenvalue weighted by Gasteiger charge is -2.47. The molecule has 2 fully saturated rings. The molecule has 1 atom stereocenters. The van der Waals surface area contributed by atoms with Crippen LogP contribution in [0.3, 0.4) is 0 Å². The fraction of sp³-hybridized carbons (Fsp3) is 1.00. The van der Waals surface area contributed by atoms with Crippen LogP contribution in [0.15, 0.2) is 0 Å². The quantitative estimate of drug-likeness (QED) is 0.603. The van der Waals surface area contributed by atoms with E-state index in [9.17, 15) is 5.11 Å². The maximum absolute atomic E-state index is 9.98. The minimum atomic E-state index is -0.602. The van der Waals surface area contributed by atoms with Crippen molar-refractivity contribution in [2.45, 2.75) is 69.6 Å². The van der Waals surface area contributed by atoms with Gasteiger partial charge in [0, 0.05) is 5.54 Å². The lowest BCUT2D eigenvalue weighted by molar-refractivity contribution is -0.0538. The van der Waals surface area contributed by atoms with Crippen molar-refractivity contribution in [1.82, 2.24) is 5.32 Å². The Bertz CT molecular complexity index is 177. The lowest BCUT2D eigenvalue weighted by Crippen LogP contribution is -2.60. The van der Waals surface area contributed by atoms with Crippen LogP contribution in [0, 0.1) is 0 Å². The van der Waals surface area contributed by atoms with E-state index in [0.29, 0.717) is 5.54 Å². The molecule has 13 heavy (non-hydrogen) atoms. The van der Waals surface area contributed by atoms with Crippen LogP contribution in [0.2, 0.25) is 0 Å². The maximum Gasteiger partial charge on any atom is 0.113 e. The molecule has 2 nitrogen and oxygen atoms in total. The first-order chi connectivity index (χ1) is 6.12. The zero-order valence-electron chi connectivity index (χ0n) is 8.60. The molecule has 0 aromatic rings. The van der Waals surface area contributed by atoms with Gasteiger partial charge < -0.3 is 5.11 Å². The van der Waals surface area contributed by atoms with Gasteiger partial charge in [0.1, 0.15) is 5.72 Å². The minimum absolute atomic E-state index is 0.292. The molecule has 0 amide bonds. The second kappa shape index (κ2) is 3.25. The van der Waals surface area contributed by atoms with E-state index in [1.807, 2.05) is 6.92 Å². The third-order valence-corrected chi connectivity index (χ3v) is 3.66. The standard InChI is InChI=1S/C11H21NO/c1-10(13)6-5-9-11(12-10)7-3-2-4-8-11/h12-13H,2-9H2,1H3. The summed E-state index contributed by atoms with van der Waals surface area (Å²) in [5.41, 5.74) is -0.310. The molecule has 1 aliphatic carbocycles. The first-order valence-electron chi connectivity index (χ1n) is 5.64. The molecule has 1 unspecified atom stereocenters. The van der Waals surface area contributed by atoms with Gasteiger partial charge in [-0.25, -0.2) is 0 Å². The summed E-state index contributed by atoms with van der Waals surface area (Å²) in [6.45, 7) is 1.92. The van der Waals surface area contributed by atoms with E-state index >= 15 is 0 Å². The number of rotatable bonds is 0. The Morgan fingerprint density at radius 1 is 0.923 bits per heavy atom. The predicted molar refractivity (Wildman–Crippen MR) is 53.4 cm³/mol. The highest BCUT2D eigenvalue weighted by molar-refractivity contribution is 4.97. The van der Waals surface area contributed by atoms with Crippen molar-refractivity contribution in [3.05, 3.63) is 0 Å². The van der Waals surface area contributed by atoms with Crippen molar-refractivity contribution in [2.24, 2.45) is 0 Å². The van der Waals surface area contributed by atoms with E-state index in [1.54, 1.807) is 0 Å². The second-order valence-corrected chi connectivity index (χ2v) is 5.09. The SMILES string of the molecule is CC1(O)CCCC2(CCCCC2)N1. The molecule has 2 N–H and O–H groups in total. The van der Waals surface area contributed by atoms with Gasteiger partial charge in [-0.15, -0.1) is 0 Å². The van der Waals surface area contributed by atoms with Crippen LogP contribution in [0.1, 0.15) is 58.3 Å². The first kappa shape index (κ1) is 9.47. The molecule has 76 valence electrons. The van der Waals surface area contributed by atoms with Gasteiger partial charge in [0.2, 0.25) is 0 Å². The van der Waals surface area contributed by atoms with E-state index < -0.39 is 5.72 Å². The molecule has 0 radical (unpaired) electrons. The van der Waals surface area contributed by atoms with Crippen LogP contribution in [-0.2, 0) is 0 Å². The third kappa shape index (κ3) is 2.05. The Morgan fingerprint density at radius 2 is 1.54 bits per heavy atom. The van der Waals surface area contributed by atoms with Gasteiger partial charge in [-0.1, -0.05) is 19.3 Å². The van der Waals surface area contributed by atoms with Gasteiger partial charge >= 0.3 is 0 Å². The molecule has 2 rings (SSSR count). The summed E-state index contributed by atoms with van der Waals surface area (Å²) in [7, 11) is 0. The van der Waals surface area contributed by atoms with Gasteiger partial charge in [-0.2, -0.15) is 0 Å². The lowest BCUT2D eigenvalue weighted by atomic mass is 9.74. The van der Waals surface area contributed by atoms with Crippen LogP contribution in [-0.4, -0.2) is 16.4 Å². The van der Waals surface area contributed by atoms with Crippen molar-refractivity contribution < 1.29 is 5.11 Å². The summed E-state index contributed by atoms with van der Waals surface area (Å²) >= 11 is 0. The number of hydrogen-bond acceptors (Lipinski definition) is 2. The molecule has 1 aliphatic heterocycles. The molecule has 0 bridgehead atoms. The maximum atomic E-state index is 9.98. The molecule has 1 saturated carbocycles. The topological polar surface area (TPSA) is 32.3 Å². The molecular formula is C11H21NO. The third-order valence-electron chi connectivity index (χ3n) is 3.66. The Morgan fingerprint density at radius 3 is 2.15 bits per heavy atom. The number of aliphatic hydroxyl groups is 1. The van der Waals surface area contributed by atoms with Gasteiger partial charge in [0.05, 0.1) is 0 Å². The normalized spacial score (nSPS) is 39.2. The molecule has 1 saturated heterocycles. The fourth-order valence-electron chi connectivity index (χ4n) is 3.07. The zero-order chi connectivity index (χ0) is 9.36. The Labute approximate surface area is 80.7 Å². The molecule has 0 aromatic heterocycles. The van der Waals surface area contributed by atoms with Crippen molar-refractivity contribution in [1.29, 1.82) is 0 Å². The molecule has 1 heterocycles. The highest BCUT2D eigenvalue weighted by Gasteiger charge is 2.40. The monoisotopic (exact) mass is 183 g/mol. The largest absolute Gasteiger partial charge is 0.376 e. The fourth-order valence-corrected chi connectivity index (χ4v) is 3.07. The summed E-state index contributed by atoms with van der Waals surface area (Å²) in [6.07, 6.45) is 9.95. The summed E-state index contributed by atoms with van der Waals surface area (Å²) in [5.74, 6) is 0. The summed E-state index contributed by atoms with van der Waals surface area (Å²) in [4.78, 5) is 0. The average molecular weight is 183 g/mol. The van der Waals surface area contributed by atoms with Crippen molar-refractivity contribution in [3.8, 4) is 0 Å². The average Bonchev–Trinajstić information content (AvgIpc) is 2.03. The highest BCUT2D eigenvalue weighted by Crippen LogP contribution is 2.37. The highest BCUT2D eigenvalue weighted by atomic mass is 16.3. The van der Waals surface area contributed by atoms with Crippen LogP contribution in [0.5, 0.6) is 0 Å². The van der Waals surface area contributed by atoms with Crippen molar-refractivity contribution in [3.63, 3.8) is 0 Å². The van der Waals surface area contributed by atoms with E-state index in [4.69, 9.17) is 0 Å².